The molecule has 1 nitrogen and oxygen atoms in total. The van der Waals surface area contributed by atoms with E-state index in [4.69, 9.17) is 4.74 Å². The first-order valence-electron chi connectivity index (χ1n) is 2.40. The summed E-state index contributed by atoms with van der Waals surface area (Å²) in [5.74, 6) is 0. The second-order valence-corrected chi connectivity index (χ2v) is 1.35. The molecule has 0 aliphatic rings. The van der Waals surface area contributed by atoms with Crippen LogP contribution in [0.25, 0.3) is 0 Å². The molecule has 0 bridgehead atoms. The van der Waals surface area contributed by atoms with Crippen molar-refractivity contribution in [3.8, 4) is 0 Å². The molecule has 0 saturated heterocycles. The summed E-state index contributed by atoms with van der Waals surface area (Å²) in [4.78, 5) is 0. The number of methoxy groups -OCH3 is 1. The summed E-state index contributed by atoms with van der Waals surface area (Å²) in [7, 11) is 1.73. The van der Waals surface area contributed by atoms with Gasteiger partial charge in [-0.25, -0.2) is 0 Å². The predicted molar refractivity (Wildman–Crippen MR) is 27.1 cm³/mol. The third-order valence-corrected chi connectivity index (χ3v) is 0.702. The monoisotopic (exact) mass is 80.1 g/mol. The number of rotatable bonds is 3. The summed E-state index contributed by atoms with van der Waals surface area (Å²) in [5, 5.41) is 1.23. The second-order valence-electron chi connectivity index (χ2n) is 1.35. The molecule has 2 heteroatoms. The summed E-state index contributed by atoms with van der Waals surface area (Å²) in [6.45, 7) is 0.913. The molecule has 0 radical (unpaired) electrons. The van der Waals surface area contributed by atoms with E-state index < -0.39 is 0 Å². The molecule has 0 N–H and O–H groups in total. The summed E-state index contributed by atoms with van der Waals surface area (Å²) in [5.41, 5.74) is 0. The summed E-state index contributed by atoms with van der Waals surface area (Å²) < 4.78 is 4.78. The van der Waals surface area contributed by atoms with Crippen molar-refractivity contribution in [3.05, 3.63) is 0 Å². The minimum absolute atomic E-state index is 0.913. The van der Waals surface area contributed by atoms with Crippen molar-refractivity contribution in [3.63, 3.8) is 0 Å². The zero-order valence-corrected chi connectivity index (χ0v) is 4.53. The molecule has 0 amide bonds. The minimum atomic E-state index is 0.913. The maximum absolute atomic E-state index is 4.78. The molecule has 0 saturated carbocycles. The van der Waals surface area contributed by atoms with Crippen LogP contribution in [0.4, 0.5) is 0 Å². The van der Waals surface area contributed by atoms with Crippen molar-refractivity contribution in [2.24, 2.45) is 0 Å². The molecule has 0 aromatic heterocycles. The molecule has 0 aromatic carbocycles. The zero-order valence-electron chi connectivity index (χ0n) is 4.53. The van der Waals surface area contributed by atoms with E-state index in [0.29, 0.717) is 0 Å². The molecule has 32 valence electrons. The van der Waals surface area contributed by atoms with Gasteiger partial charge in [-0.1, -0.05) is 0 Å². The van der Waals surface area contributed by atoms with E-state index in [-0.39, 0.29) is 0 Å². The molecular weight excluding hydrogens is 71.0 g/mol. The van der Waals surface area contributed by atoms with Gasteiger partial charge in [0.2, 0.25) is 0 Å². The Bertz CT molecular complexity index is 19.5. The Morgan fingerprint density at radius 1 is 1.67 bits per heavy atom. The third kappa shape index (κ3) is 4.56. The average Bonchev–Trinajstić information content (AvgIpc) is 1.61. The van der Waals surface area contributed by atoms with Gasteiger partial charge in [-0.15, -0.1) is 0 Å². The van der Waals surface area contributed by atoms with Crippen molar-refractivity contribution in [1.82, 2.24) is 0 Å². The predicted octanol–water partition coefficient (Wildman–Crippen LogP) is 0.610. The van der Waals surface area contributed by atoms with Gasteiger partial charge in [0.25, 0.3) is 0 Å². The first-order valence-corrected chi connectivity index (χ1v) is 2.40. The molecule has 0 atom stereocenters. The van der Waals surface area contributed by atoms with Gasteiger partial charge >= 0.3 is 47.7 Å². The second kappa shape index (κ2) is 5.56. The van der Waals surface area contributed by atoms with Crippen molar-refractivity contribution >= 4 is 17.7 Å². The van der Waals surface area contributed by atoms with Crippen LogP contribution in [0.15, 0.2) is 0 Å². The summed E-state index contributed by atoms with van der Waals surface area (Å²) >= 11 is 2.15. The van der Waals surface area contributed by atoms with Crippen molar-refractivity contribution in [1.29, 1.82) is 0 Å². The quantitative estimate of drug-likeness (QED) is 0.356. The molecule has 0 fully saturated rings. The molecule has 0 unspecified atom stereocenters. The molecule has 0 aliphatic carbocycles. The van der Waals surface area contributed by atoms with Crippen LogP contribution in [0.3, 0.4) is 0 Å². The van der Waals surface area contributed by atoms with Gasteiger partial charge in [0.05, 0.1) is 0 Å². The van der Waals surface area contributed by atoms with Crippen LogP contribution in [0.2, 0.25) is 5.09 Å². The standard InChI is InChI=1S/C4H9O.Li/c1-3-4-5-2;/h1,3-4H2,2H3;. The number of hydrogen-bond donors (Lipinski definition) is 0. The van der Waals surface area contributed by atoms with Crippen LogP contribution in [0, 0.1) is 0 Å². The molecule has 0 spiro atoms. The Morgan fingerprint density at radius 3 is 2.50 bits per heavy atom. The number of ether oxygens (including phenoxy) is 1. The average molecular weight is 80.1 g/mol. The molecule has 0 rings (SSSR count). The maximum atomic E-state index is 4.78. The van der Waals surface area contributed by atoms with Crippen molar-refractivity contribution < 1.29 is 4.74 Å². The van der Waals surface area contributed by atoms with Gasteiger partial charge in [0.1, 0.15) is 0 Å². The SMILES string of the molecule is [Li][CH2]CCOC. The van der Waals surface area contributed by atoms with E-state index >= 15 is 0 Å². The molecule has 0 aliphatic heterocycles. The van der Waals surface area contributed by atoms with Crippen molar-refractivity contribution in [2.45, 2.75) is 11.5 Å². The van der Waals surface area contributed by atoms with E-state index in [9.17, 15) is 0 Å². The molecule has 0 heterocycles. The molecule has 6 heavy (non-hydrogen) atoms. The normalized spacial score (nSPS) is 9.17. The fraction of sp³-hybridized carbons (Fsp3) is 1.00. The first-order chi connectivity index (χ1) is 2.91. The summed E-state index contributed by atoms with van der Waals surface area (Å²) in [6, 6.07) is 0. The molecule has 0 aromatic rings. The van der Waals surface area contributed by atoms with Crippen LogP contribution in [-0.2, 0) is 4.74 Å². The van der Waals surface area contributed by atoms with E-state index in [0.717, 1.165) is 6.61 Å². The fourth-order valence-corrected chi connectivity index (χ4v) is 0.289. The Labute approximate surface area is 48.3 Å². The van der Waals surface area contributed by atoms with E-state index in [1.165, 1.54) is 11.5 Å². The van der Waals surface area contributed by atoms with Gasteiger partial charge in [0.15, 0.2) is 0 Å². The molecular formula is C4H9LiO. The van der Waals surface area contributed by atoms with Gasteiger partial charge < -0.3 is 0 Å². The fourth-order valence-electron chi connectivity index (χ4n) is 0.289. The van der Waals surface area contributed by atoms with Crippen LogP contribution in [0.1, 0.15) is 6.42 Å². The van der Waals surface area contributed by atoms with Crippen LogP contribution in [0.5, 0.6) is 0 Å². The Balaban J connectivity index is 2.34. The first kappa shape index (κ1) is 6.56. The van der Waals surface area contributed by atoms with Crippen LogP contribution in [-0.4, -0.2) is 31.4 Å². The third-order valence-electron chi connectivity index (χ3n) is 0.702. The van der Waals surface area contributed by atoms with E-state index in [1.54, 1.807) is 7.11 Å². The van der Waals surface area contributed by atoms with Gasteiger partial charge in [-0.05, 0) is 0 Å². The van der Waals surface area contributed by atoms with Crippen molar-refractivity contribution in [2.75, 3.05) is 13.7 Å². The van der Waals surface area contributed by atoms with E-state index in [1.807, 2.05) is 0 Å². The number of hydrogen-bond acceptors (Lipinski definition) is 1. The Kier molecular flexibility index (Phi) is 6.07. The van der Waals surface area contributed by atoms with Crippen LogP contribution < -0.4 is 0 Å². The summed E-state index contributed by atoms with van der Waals surface area (Å²) in [6.07, 6.45) is 1.19. The Morgan fingerprint density at radius 2 is 2.33 bits per heavy atom. The van der Waals surface area contributed by atoms with Gasteiger partial charge in [0, 0.05) is 0 Å². The van der Waals surface area contributed by atoms with Gasteiger partial charge in [-0.2, -0.15) is 0 Å². The topological polar surface area (TPSA) is 9.23 Å². The Hall–Kier alpha value is 0.557. The van der Waals surface area contributed by atoms with Crippen LogP contribution >= 0.6 is 0 Å². The van der Waals surface area contributed by atoms with E-state index in [2.05, 4.69) is 17.7 Å². The zero-order chi connectivity index (χ0) is 4.83. The van der Waals surface area contributed by atoms with Gasteiger partial charge in [-0.3, -0.25) is 0 Å².